The molecule has 0 aliphatic rings. The van der Waals surface area contributed by atoms with Crippen molar-refractivity contribution in [1.82, 2.24) is 5.32 Å². The molecule has 0 bridgehead atoms. The van der Waals surface area contributed by atoms with Gasteiger partial charge in [-0.05, 0) is 6.92 Å². The van der Waals surface area contributed by atoms with Crippen molar-refractivity contribution >= 4 is 11.7 Å². The van der Waals surface area contributed by atoms with Crippen molar-refractivity contribution in [2.45, 2.75) is 40.4 Å². The van der Waals surface area contributed by atoms with Crippen molar-refractivity contribution in [3.8, 4) is 0 Å². The zero-order chi connectivity index (χ0) is 11.5. The van der Waals surface area contributed by atoms with E-state index < -0.39 is 29.8 Å². The van der Waals surface area contributed by atoms with Gasteiger partial charge in [0.05, 0.1) is 12.0 Å². The van der Waals surface area contributed by atoms with Gasteiger partial charge in [-0.25, -0.2) is 0 Å². The number of ketones is 1. The van der Waals surface area contributed by atoms with Crippen LogP contribution in [-0.2, 0) is 9.59 Å². The topological polar surface area (TPSA) is 46.2 Å². The maximum absolute atomic E-state index is 12.2. The van der Waals surface area contributed by atoms with Crippen molar-refractivity contribution in [2.24, 2.45) is 5.92 Å². The molecule has 0 aromatic carbocycles. The molecule has 0 aliphatic heterocycles. The maximum atomic E-state index is 12.2. The van der Waals surface area contributed by atoms with Gasteiger partial charge in [-0.15, -0.1) is 0 Å². The largest absolute Gasteiger partial charge is 0.393 e. The lowest BCUT2D eigenvalue weighted by Gasteiger charge is -2.24. The van der Waals surface area contributed by atoms with Crippen molar-refractivity contribution in [3.63, 3.8) is 0 Å². The predicted molar refractivity (Wildman–Crippen MR) is 50.2 cm³/mol. The van der Waals surface area contributed by atoms with E-state index in [1.807, 2.05) is 5.32 Å². The maximum Gasteiger partial charge on any atom is 0.393 e. The molecule has 1 amide bonds. The highest BCUT2D eigenvalue weighted by molar-refractivity contribution is 5.86. The first-order valence-electron chi connectivity index (χ1n) is 4.00. The number of Topliss-reactive ketones (excluding diaryl/α,β-unsaturated/α-hetero) is 1. The van der Waals surface area contributed by atoms with E-state index in [2.05, 4.69) is 0 Å². The summed E-state index contributed by atoms with van der Waals surface area (Å²) in [6.07, 6.45) is -4.49. The third kappa shape index (κ3) is 5.39. The standard InChI is InChI=1S/C8H12F3NO2.CH4/c1-4(8(9,10)11)7(5(2)13)12-6(3)14;/h4,7H,1-3H3,(H,12,14);1H4/t4-,7+;/m1./s1. The second kappa shape index (κ2) is 5.72. The number of rotatable bonds is 3. The van der Waals surface area contributed by atoms with Crippen LogP contribution in [0.3, 0.4) is 0 Å². The molecule has 0 unspecified atom stereocenters. The molecular weight excluding hydrogens is 211 g/mol. The van der Waals surface area contributed by atoms with Gasteiger partial charge in [0, 0.05) is 6.92 Å². The molecule has 90 valence electrons. The summed E-state index contributed by atoms with van der Waals surface area (Å²) < 4.78 is 36.6. The molecule has 0 aliphatic carbocycles. The first kappa shape index (κ1) is 16.4. The highest BCUT2D eigenvalue weighted by Gasteiger charge is 2.43. The summed E-state index contributed by atoms with van der Waals surface area (Å²) in [5.41, 5.74) is 0. The number of alkyl halides is 3. The van der Waals surface area contributed by atoms with Gasteiger partial charge in [-0.3, -0.25) is 9.59 Å². The van der Waals surface area contributed by atoms with E-state index >= 15 is 0 Å². The highest BCUT2D eigenvalue weighted by atomic mass is 19.4. The monoisotopic (exact) mass is 227 g/mol. The SMILES string of the molecule is C.CC(=O)N[C@H](C(C)=O)[C@@H](C)C(F)(F)F. The van der Waals surface area contributed by atoms with Crippen LogP contribution in [0.4, 0.5) is 13.2 Å². The summed E-state index contributed by atoms with van der Waals surface area (Å²) >= 11 is 0. The molecule has 0 aromatic heterocycles. The molecule has 0 fully saturated rings. The van der Waals surface area contributed by atoms with E-state index in [4.69, 9.17) is 0 Å². The minimum atomic E-state index is -4.49. The molecule has 0 rings (SSSR count). The summed E-state index contributed by atoms with van der Waals surface area (Å²) in [5.74, 6) is -3.23. The first-order valence-corrected chi connectivity index (χ1v) is 4.00. The zero-order valence-electron chi connectivity index (χ0n) is 8.11. The minimum Gasteiger partial charge on any atom is -0.346 e. The fourth-order valence-electron chi connectivity index (χ4n) is 0.987. The van der Waals surface area contributed by atoms with Gasteiger partial charge in [0.1, 0.15) is 0 Å². The molecule has 0 radical (unpaired) electrons. The van der Waals surface area contributed by atoms with Crippen molar-refractivity contribution in [2.75, 3.05) is 0 Å². The fourth-order valence-corrected chi connectivity index (χ4v) is 0.987. The van der Waals surface area contributed by atoms with Crippen LogP contribution in [0.5, 0.6) is 0 Å². The summed E-state index contributed by atoms with van der Waals surface area (Å²) in [6, 6.07) is -1.49. The Balaban J connectivity index is 0. The van der Waals surface area contributed by atoms with Gasteiger partial charge in [-0.2, -0.15) is 13.2 Å². The van der Waals surface area contributed by atoms with Gasteiger partial charge in [0.25, 0.3) is 0 Å². The van der Waals surface area contributed by atoms with Crippen LogP contribution >= 0.6 is 0 Å². The van der Waals surface area contributed by atoms with Crippen LogP contribution in [-0.4, -0.2) is 23.9 Å². The number of carbonyl (C=O) groups excluding carboxylic acids is 2. The molecule has 0 heterocycles. The van der Waals surface area contributed by atoms with Crippen LogP contribution in [0, 0.1) is 5.92 Å². The molecule has 0 saturated heterocycles. The first-order chi connectivity index (χ1) is 6.16. The van der Waals surface area contributed by atoms with E-state index in [0.29, 0.717) is 0 Å². The molecule has 2 atom stereocenters. The van der Waals surface area contributed by atoms with Crippen molar-refractivity contribution in [3.05, 3.63) is 0 Å². The molecule has 0 aromatic rings. The lowest BCUT2D eigenvalue weighted by molar-refractivity contribution is -0.180. The van der Waals surface area contributed by atoms with Crippen LogP contribution < -0.4 is 5.32 Å². The fraction of sp³-hybridized carbons (Fsp3) is 0.778. The molecular formula is C9H16F3NO2. The lowest BCUT2D eigenvalue weighted by Crippen LogP contribution is -2.48. The summed E-state index contributed by atoms with van der Waals surface area (Å²) in [4.78, 5) is 21.4. The third-order valence-electron chi connectivity index (χ3n) is 1.81. The molecule has 0 spiro atoms. The van der Waals surface area contributed by atoms with E-state index in [-0.39, 0.29) is 7.43 Å². The van der Waals surface area contributed by atoms with E-state index in [1.54, 1.807) is 0 Å². The lowest BCUT2D eigenvalue weighted by atomic mass is 9.98. The Morgan fingerprint density at radius 1 is 1.20 bits per heavy atom. The normalized spacial score (nSPS) is 14.8. The zero-order valence-corrected chi connectivity index (χ0v) is 8.11. The van der Waals surface area contributed by atoms with Gasteiger partial charge < -0.3 is 5.32 Å². The molecule has 1 N–H and O–H groups in total. The van der Waals surface area contributed by atoms with E-state index in [0.717, 1.165) is 20.8 Å². The number of nitrogens with one attached hydrogen (secondary N) is 1. The molecule has 0 saturated carbocycles. The Kier molecular flexibility index (Phi) is 6.24. The smallest absolute Gasteiger partial charge is 0.346 e. The number of amides is 1. The number of halogens is 3. The second-order valence-corrected chi connectivity index (χ2v) is 3.12. The second-order valence-electron chi connectivity index (χ2n) is 3.12. The van der Waals surface area contributed by atoms with Crippen LogP contribution in [0.1, 0.15) is 28.2 Å². The average molecular weight is 227 g/mol. The van der Waals surface area contributed by atoms with Crippen LogP contribution in [0.25, 0.3) is 0 Å². The highest BCUT2D eigenvalue weighted by Crippen LogP contribution is 2.28. The van der Waals surface area contributed by atoms with Gasteiger partial charge in [0.15, 0.2) is 5.78 Å². The molecule has 6 heteroatoms. The Hall–Kier alpha value is -1.07. The summed E-state index contributed by atoms with van der Waals surface area (Å²) in [6.45, 7) is 2.95. The summed E-state index contributed by atoms with van der Waals surface area (Å²) in [7, 11) is 0. The van der Waals surface area contributed by atoms with Crippen molar-refractivity contribution in [1.29, 1.82) is 0 Å². The van der Waals surface area contributed by atoms with Crippen molar-refractivity contribution < 1.29 is 22.8 Å². The quantitative estimate of drug-likeness (QED) is 0.800. The number of carbonyl (C=O) groups is 2. The van der Waals surface area contributed by atoms with Gasteiger partial charge in [0.2, 0.25) is 5.91 Å². The number of hydrogen-bond acceptors (Lipinski definition) is 2. The van der Waals surface area contributed by atoms with Gasteiger partial charge >= 0.3 is 6.18 Å². The Labute approximate surface area is 87.0 Å². The minimum absolute atomic E-state index is 0. The number of hydrogen-bond donors (Lipinski definition) is 1. The van der Waals surface area contributed by atoms with Crippen LogP contribution in [0.15, 0.2) is 0 Å². The average Bonchev–Trinajstić information content (AvgIpc) is 1.96. The third-order valence-corrected chi connectivity index (χ3v) is 1.81. The Morgan fingerprint density at radius 2 is 1.60 bits per heavy atom. The van der Waals surface area contributed by atoms with E-state index in [9.17, 15) is 22.8 Å². The predicted octanol–water partition coefficient (Wildman–Crippen LogP) is 1.91. The van der Waals surface area contributed by atoms with E-state index in [1.165, 1.54) is 0 Å². The Morgan fingerprint density at radius 3 is 1.80 bits per heavy atom. The Bertz CT molecular complexity index is 238. The van der Waals surface area contributed by atoms with Gasteiger partial charge in [-0.1, -0.05) is 14.4 Å². The van der Waals surface area contributed by atoms with Crippen LogP contribution in [0.2, 0.25) is 0 Å². The molecule has 3 nitrogen and oxygen atoms in total. The molecule has 15 heavy (non-hydrogen) atoms. The summed E-state index contributed by atoms with van der Waals surface area (Å²) in [5, 5.41) is 1.98.